The fraction of sp³-hybridized carbons (Fsp3) is 0.467. The molecule has 5 nitrogen and oxygen atoms in total. The van der Waals surface area contributed by atoms with Crippen LogP contribution in [0, 0.1) is 0 Å². The van der Waals surface area contributed by atoms with Crippen molar-refractivity contribution in [2.75, 3.05) is 25.5 Å². The Kier molecular flexibility index (Phi) is 5.07. The van der Waals surface area contributed by atoms with E-state index < -0.39 is 0 Å². The van der Waals surface area contributed by atoms with E-state index in [9.17, 15) is 9.59 Å². The fourth-order valence-corrected chi connectivity index (χ4v) is 2.65. The van der Waals surface area contributed by atoms with Crippen molar-refractivity contribution in [3.8, 4) is 5.75 Å². The van der Waals surface area contributed by atoms with Gasteiger partial charge in [0.15, 0.2) is 0 Å². The predicted molar refractivity (Wildman–Crippen MR) is 82.1 cm³/mol. The van der Waals surface area contributed by atoms with E-state index in [0.717, 1.165) is 32.4 Å². The van der Waals surface area contributed by atoms with Gasteiger partial charge < -0.3 is 15.0 Å². The Morgan fingerprint density at radius 3 is 2.48 bits per heavy atom. The van der Waals surface area contributed by atoms with Gasteiger partial charge in [-0.3, -0.25) is 9.59 Å². The number of ether oxygens (including phenoxy) is 1. The normalized spacial score (nSPS) is 14.7. The fourth-order valence-electron chi connectivity index (χ4n) is 2.44. The molecule has 21 heavy (non-hydrogen) atoms. The largest absolute Gasteiger partial charge is 0.496 e. The molecule has 0 aromatic heterocycles. The van der Waals surface area contributed by atoms with E-state index in [1.54, 1.807) is 12.1 Å². The van der Waals surface area contributed by atoms with Gasteiger partial charge in [-0.2, -0.15) is 0 Å². The van der Waals surface area contributed by atoms with E-state index in [1.165, 1.54) is 14.0 Å². The van der Waals surface area contributed by atoms with E-state index in [-0.39, 0.29) is 11.8 Å². The Hall–Kier alpha value is -1.75. The molecule has 1 aliphatic rings. The van der Waals surface area contributed by atoms with Gasteiger partial charge in [0.2, 0.25) is 5.91 Å². The minimum absolute atomic E-state index is 0.0807. The van der Waals surface area contributed by atoms with Crippen LogP contribution in [-0.4, -0.2) is 36.9 Å². The Morgan fingerprint density at radius 2 is 1.90 bits per heavy atom. The Morgan fingerprint density at radius 1 is 1.24 bits per heavy atom. The molecule has 0 radical (unpaired) electrons. The van der Waals surface area contributed by atoms with Crippen LogP contribution in [0.1, 0.15) is 36.5 Å². The van der Waals surface area contributed by atoms with Crippen LogP contribution in [0.2, 0.25) is 5.02 Å². The monoisotopic (exact) mass is 310 g/mol. The lowest BCUT2D eigenvalue weighted by molar-refractivity contribution is -0.114. The predicted octanol–water partition coefficient (Wildman–Crippen LogP) is 2.93. The standard InChI is InChI=1S/C15H19ClN2O3/c1-10(19)17-13-9-14(21-2)11(8-12(13)16)15(20)18-6-4-3-5-7-18/h8-9H,3-7H2,1-2H3,(H,17,19). The third kappa shape index (κ3) is 3.67. The summed E-state index contributed by atoms with van der Waals surface area (Å²) in [6.45, 7) is 2.91. The van der Waals surface area contributed by atoms with Crippen molar-refractivity contribution in [2.45, 2.75) is 26.2 Å². The summed E-state index contributed by atoms with van der Waals surface area (Å²) in [5, 5.41) is 2.94. The SMILES string of the molecule is COc1cc(NC(C)=O)c(Cl)cc1C(=O)N1CCCCC1. The van der Waals surface area contributed by atoms with Gasteiger partial charge in [-0.1, -0.05) is 11.6 Å². The van der Waals surface area contributed by atoms with Crippen LogP contribution in [0.3, 0.4) is 0 Å². The molecule has 114 valence electrons. The molecule has 0 spiro atoms. The third-order valence-electron chi connectivity index (χ3n) is 3.47. The summed E-state index contributed by atoms with van der Waals surface area (Å²) in [5.74, 6) is 0.107. The molecule has 1 saturated heterocycles. The number of carbonyl (C=O) groups is 2. The average Bonchev–Trinajstić information content (AvgIpc) is 2.48. The molecule has 0 atom stereocenters. The maximum atomic E-state index is 12.6. The quantitative estimate of drug-likeness (QED) is 0.934. The second-order valence-electron chi connectivity index (χ2n) is 5.07. The van der Waals surface area contributed by atoms with Crippen LogP contribution in [0.5, 0.6) is 5.75 Å². The molecule has 1 N–H and O–H groups in total. The number of amides is 2. The van der Waals surface area contributed by atoms with Gasteiger partial charge in [-0.25, -0.2) is 0 Å². The van der Waals surface area contributed by atoms with Crippen LogP contribution in [-0.2, 0) is 4.79 Å². The van der Waals surface area contributed by atoms with Crippen molar-refractivity contribution < 1.29 is 14.3 Å². The highest BCUT2D eigenvalue weighted by atomic mass is 35.5. The number of nitrogens with zero attached hydrogens (tertiary/aromatic N) is 1. The lowest BCUT2D eigenvalue weighted by atomic mass is 10.1. The van der Waals surface area contributed by atoms with Crippen molar-refractivity contribution >= 4 is 29.1 Å². The average molecular weight is 311 g/mol. The van der Waals surface area contributed by atoms with E-state index in [2.05, 4.69) is 5.32 Å². The molecule has 1 aromatic rings. The molecule has 6 heteroatoms. The second-order valence-corrected chi connectivity index (χ2v) is 5.47. The first-order chi connectivity index (χ1) is 10.0. The summed E-state index contributed by atoms with van der Waals surface area (Å²) < 4.78 is 5.28. The van der Waals surface area contributed by atoms with Crippen LogP contribution in [0.4, 0.5) is 5.69 Å². The van der Waals surface area contributed by atoms with E-state index in [1.807, 2.05) is 4.90 Å². The highest BCUT2D eigenvalue weighted by molar-refractivity contribution is 6.34. The third-order valence-corrected chi connectivity index (χ3v) is 3.79. The van der Waals surface area contributed by atoms with Crippen molar-refractivity contribution in [2.24, 2.45) is 0 Å². The molecule has 1 heterocycles. The first kappa shape index (κ1) is 15.6. The Balaban J connectivity index is 2.31. The topological polar surface area (TPSA) is 58.6 Å². The lowest BCUT2D eigenvalue weighted by Gasteiger charge is -2.27. The molecular formula is C15H19ClN2O3. The van der Waals surface area contributed by atoms with Crippen molar-refractivity contribution in [1.82, 2.24) is 4.90 Å². The number of anilines is 1. The summed E-state index contributed by atoms with van der Waals surface area (Å²) in [6, 6.07) is 3.14. The van der Waals surface area contributed by atoms with Crippen LogP contribution in [0.25, 0.3) is 0 Å². The van der Waals surface area contributed by atoms with Gasteiger partial charge in [0.1, 0.15) is 5.75 Å². The maximum Gasteiger partial charge on any atom is 0.257 e. The van der Waals surface area contributed by atoms with Gasteiger partial charge in [0.05, 0.1) is 23.4 Å². The molecule has 0 aliphatic carbocycles. The van der Waals surface area contributed by atoms with Gasteiger partial charge in [0.25, 0.3) is 5.91 Å². The van der Waals surface area contributed by atoms with Crippen LogP contribution < -0.4 is 10.1 Å². The highest BCUT2D eigenvalue weighted by Crippen LogP contribution is 2.32. The maximum absolute atomic E-state index is 12.6. The van der Waals surface area contributed by atoms with E-state index in [4.69, 9.17) is 16.3 Å². The Bertz CT molecular complexity index is 554. The summed E-state index contributed by atoms with van der Waals surface area (Å²) in [4.78, 5) is 25.5. The number of carbonyl (C=O) groups excluding carboxylic acids is 2. The molecule has 2 rings (SSSR count). The summed E-state index contributed by atoms with van der Waals surface area (Å²) in [5.41, 5.74) is 0.870. The van der Waals surface area contributed by atoms with Gasteiger partial charge in [-0.05, 0) is 25.3 Å². The van der Waals surface area contributed by atoms with Crippen molar-refractivity contribution in [3.63, 3.8) is 0 Å². The molecule has 0 saturated carbocycles. The molecular weight excluding hydrogens is 292 g/mol. The summed E-state index contributed by atoms with van der Waals surface area (Å²) in [7, 11) is 1.49. The Labute approximate surface area is 129 Å². The van der Waals surface area contributed by atoms with E-state index in [0.29, 0.717) is 22.0 Å². The molecule has 0 unspecified atom stereocenters. The molecule has 2 amide bonds. The lowest BCUT2D eigenvalue weighted by Crippen LogP contribution is -2.35. The zero-order valence-electron chi connectivity index (χ0n) is 12.2. The number of benzene rings is 1. The number of methoxy groups -OCH3 is 1. The summed E-state index contributed by atoms with van der Waals surface area (Å²) >= 11 is 6.14. The van der Waals surface area contributed by atoms with Gasteiger partial charge >= 0.3 is 0 Å². The summed E-state index contributed by atoms with van der Waals surface area (Å²) in [6.07, 6.45) is 3.20. The number of rotatable bonds is 3. The zero-order valence-corrected chi connectivity index (χ0v) is 13.0. The first-order valence-electron chi connectivity index (χ1n) is 6.97. The van der Waals surface area contributed by atoms with Crippen LogP contribution >= 0.6 is 11.6 Å². The minimum atomic E-state index is -0.228. The smallest absolute Gasteiger partial charge is 0.257 e. The minimum Gasteiger partial charge on any atom is -0.496 e. The van der Waals surface area contributed by atoms with Gasteiger partial charge in [-0.15, -0.1) is 0 Å². The number of halogens is 1. The number of hydrogen-bond acceptors (Lipinski definition) is 3. The van der Waals surface area contributed by atoms with Crippen molar-refractivity contribution in [3.05, 3.63) is 22.7 Å². The molecule has 1 fully saturated rings. The van der Waals surface area contributed by atoms with E-state index >= 15 is 0 Å². The van der Waals surface area contributed by atoms with Crippen molar-refractivity contribution in [1.29, 1.82) is 0 Å². The van der Waals surface area contributed by atoms with Crippen LogP contribution in [0.15, 0.2) is 12.1 Å². The number of nitrogens with one attached hydrogen (secondary N) is 1. The number of likely N-dealkylation sites (tertiary alicyclic amines) is 1. The van der Waals surface area contributed by atoms with Gasteiger partial charge in [0, 0.05) is 26.1 Å². The molecule has 1 aromatic carbocycles. The zero-order chi connectivity index (χ0) is 15.4. The number of hydrogen-bond donors (Lipinski definition) is 1. The molecule has 0 bridgehead atoms. The molecule has 1 aliphatic heterocycles. The highest BCUT2D eigenvalue weighted by Gasteiger charge is 2.23. The second kappa shape index (κ2) is 6.80. The number of piperidine rings is 1. The first-order valence-corrected chi connectivity index (χ1v) is 7.35.